The van der Waals surface area contributed by atoms with Gasteiger partial charge in [-0.1, -0.05) is 45.0 Å². The second kappa shape index (κ2) is 6.63. The summed E-state index contributed by atoms with van der Waals surface area (Å²) >= 11 is 2.10. The highest BCUT2D eigenvalue weighted by atomic mass is 32.2. The maximum atomic E-state index is 3.62. The summed E-state index contributed by atoms with van der Waals surface area (Å²) in [5.41, 5.74) is 2.94. The molecule has 100 valence electrons. The second-order valence-electron chi connectivity index (χ2n) is 5.56. The summed E-state index contributed by atoms with van der Waals surface area (Å²) in [6, 6.07) is 9.95. The van der Waals surface area contributed by atoms with E-state index in [1.807, 2.05) is 0 Å². The molecule has 1 aromatic carbocycles. The van der Waals surface area contributed by atoms with Gasteiger partial charge < -0.3 is 5.32 Å². The number of benzene rings is 1. The lowest BCUT2D eigenvalue weighted by molar-refractivity contribution is 0.434. The fourth-order valence-electron chi connectivity index (χ4n) is 2.63. The van der Waals surface area contributed by atoms with Gasteiger partial charge in [-0.2, -0.15) is 11.8 Å². The molecule has 0 aliphatic carbocycles. The first-order valence-electron chi connectivity index (χ1n) is 7.10. The molecule has 2 rings (SSSR count). The van der Waals surface area contributed by atoms with Crippen molar-refractivity contribution < 1.29 is 0 Å². The molecule has 1 aromatic rings. The van der Waals surface area contributed by atoms with Crippen LogP contribution in [0.5, 0.6) is 0 Å². The van der Waals surface area contributed by atoms with E-state index in [0.29, 0.717) is 12.0 Å². The van der Waals surface area contributed by atoms with Crippen LogP contribution in [0.25, 0.3) is 0 Å². The van der Waals surface area contributed by atoms with Crippen LogP contribution in [0.1, 0.15) is 37.8 Å². The SMILES string of the molecule is CCNC1CSCC1Cc1ccc(C(C)C)cc1. The molecule has 0 amide bonds. The molecule has 2 atom stereocenters. The fraction of sp³-hybridized carbons (Fsp3) is 0.625. The molecule has 1 aliphatic heterocycles. The smallest absolute Gasteiger partial charge is 0.0197 e. The van der Waals surface area contributed by atoms with Crippen LogP contribution in [0.15, 0.2) is 24.3 Å². The van der Waals surface area contributed by atoms with Gasteiger partial charge in [0.2, 0.25) is 0 Å². The van der Waals surface area contributed by atoms with Crippen molar-refractivity contribution in [3.8, 4) is 0 Å². The van der Waals surface area contributed by atoms with Crippen LogP contribution in [0.3, 0.4) is 0 Å². The van der Waals surface area contributed by atoms with E-state index in [2.05, 4.69) is 62.1 Å². The third kappa shape index (κ3) is 3.52. The lowest BCUT2D eigenvalue weighted by Crippen LogP contribution is -2.36. The van der Waals surface area contributed by atoms with Crippen LogP contribution >= 0.6 is 11.8 Å². The minimum Gasteiger partial charge on any atom is -0.313 e. The average Bonchev–Trinajstić information content (AvgIpc) is 2.78. The van der Waals surface area contributed by atoms with Crippen LogP contribution in [-0.4, -0.2) is 24.1 Å². The molecule has 0 aromatic heterocycles. The van der Waals surface area contributed by atoms with Gasteiger partial charge in [-0.05, 0) is 41.7 Å². The quantitative estimate of drug-likeness (QED) is 0.869. The second-order valence-corrected chi connectivity index (χ2v) is 6.64. The molecule has 1 N–H and O–H groups in total. The van der Waals surface area contributed by atoms with Crippen LogP contribution in [0, 0.1) is 5.92 Å². The third-order valence-electron chi connectivity index (χ3n) is 3.81. The Morgan fingerprint density at radius 1 is 1.22 bits per heavy atom. The van der Waals surface area contributed by atoms with Crippen molar-refractivity contribution in [1.82, 2.24) is 5.32 Å². The Labute approximate surface area is 116 Å². The zero-order chi connectivity index (χ0) is 13.0. The number of rotatable bonds is 5. The standard InChI is InChI=1S/C16H25NS/c1-4-17-16-11-18-10-15(16)9-13-5-7-14(8-6-13)12(2)3/h5-8,12,15-17H,4,9-11H2,1-3H3. The van der Waals surface area contributed by atoms with E-state index in [1.165, 1.54) is 29.1 Å². The Hall–Kier alpha value is -0.470. The largest absolute Gasteiger partial charge is 0.313 e. The highest BCUT2D eigenvalue weighted by molar-refractivity contribution is 7.99. The molecule has 0 bridgehead atoms. The number of thioether (sulfide) groups is 1. The first kappa shape index (κ1) is 14.0. The van der Waals surface area contributed by atoms with Gasteiger partial charge in [0.25, 0.3) is 0 Å². The molecular weight excluding hydrogens is 238 g/mol. The molecule has 1 saturated heterocycles. The minimum absolute atomic E-state index is 0.635. The van der Waals surface area contributed by atoms with Gasteiger partial charge >= 0.3 is 0 Å². The topological polar surface area (TPSA) is 12.0 Å². The summed E-state index contributed by atoms with van der Waals surface area (Å²) in [6.45, 7) is 7.80. The molecule has 0 spiro atoms. The molecule has 18 heavy (non-hydrogen) atoms. The van der Waals surface area contributed by atoms with Crippen LogP contribution in [0.4, 0.5) is 0 Å². The molecule has 0 saturated carbocycles. The van der Waals surface area contributed by atoms with Gasteiger partial charge in [0.05, 0.1) is 0 Å². The number of hydrogen-bond donors (Lipinski definition) is 1. The Morgan fingerprint density at radius 3 is 2.56 bits per heavy atom. The zero-order valence-electron chi connectivity index (χ0n) is 11.8. The lowest BCUT2D eigenvalue weighted by atomic mass is 9.93. The number of hydrogen-bond acceptors (Lipinski definition) is 2. The Bertz CT molecular complexity index is 358. The third-order valence-corrected chi connectivity index (χ3v) is 5.07. The van der Waals surface area contributed by atoms with Crippen molar-refractivity contribution in [3.05, 3.63) is 35.4 Å². The van der Waals surface area contributed by atoms with Crippen molar-refractivity contribution >= 4 is 11.8 Å². The normalized spacial score (nSPS) is 23.8. The van der Waals surface area contributed by atoms with E-state index in [-0.39, 0.29) is 0 Å². The Balaban J connectivity index is 1.96. The first-order chi connectivity index (χ1) is 8.70. The predicted molar refractivity (Wildman–Crippen MR) is 82.5 cm³/mol. The van der Waals surface area contributed by atoms with E-state index in [1.54, 1.807) is 0 Å². The van der Waals surface area contributed by atoms with E-state index in [0.717, 1.165) is 12.5 Å². The average molecular weight is 263 g/mol. The highest BCUT2D eigenvalue weighted by Gasteiger charge is 2.26. The van der Waals surface area contributed by atoms with E-state index in [9.17, 15) is 0 Å². The van der Waals surface area contributed by atoms with Gasteiger partial charge in [-0.3, -0.25) is 0 Å². The van der Waals surface area contributed by atoms with Gasteiger partial charge in [0, 0.05) is 11.8 Å². The Kier molecular flexibility index (Phi) is 5.13. The molecule has 1 nitrogen and oxygen atoms in total. The van der Waals surface area contributed by atoms with Crippen LogP contribution < -0.4 is 5.32 Å². The summed E-state index contributed by atoms with van der Waals surface area (Å²) in [4.78, 5) is 0. The van der Waals surface area contributed by atoms with Crippen LogP contribution in [-0.2, 0) is 6.42 Å². The zero-order valence-corrected chi connectivity index (χ0v) is 12.6. The van der Waals surface area contributed by atoms with Gasteiger partial charge in [-0.25, -0.2) is 0 Å². The van der Waals surface area contributed by atoms with Crippen molar-refractivity contribution in [2.75, 3.05) is 18.1 Å². The maximum absolute atomic E-state index is 3.62. The lowest BCUT2D eigenvalue weighted by Gasteiger charge is -2.19. The summed E-state index contributed by atoms with van der Waals surface area (Å²) < 4.78 is 0. The van der Waals surface area contributed by atoms with E-state index in [4.69, 9.17) is 0 Å². The molecule has 1 heterocycles. The summed E-state index contributed by atoms with van der Waals surface area (Å²) in [7, 11) is 0. The Morgan fingerprint density at radius 2 is 1.94 bits per heavy atom. The highest BCUT2D eigenvalue weighted by Crippen LogP contribution is 2.27. The summed E-state index contributed by atoms with van der Waals surface area (Å²) in [5.74, 6) is 4.03. The van der Waals surface area contributed by atoms with Gasteiger partial charge in [-0.15, -0.1) is 0 Å². The summed E-state index contributed by atoms with van der Waals surface area (Å²) in [5, 5.41) is 3.62. The van der Waals surface area contributed by atoms with Crippen LogP contribution in [0.2, 0.25) is 0 Å². The molecule has 0 radical (unpaired) electrons. The maximum Gasteiger partial charge on any atom is 0.0197 e. The fourth-order valence-corrected chi connectivity index (χ4v) is 4.06. The molecule has 2 heteroatoms. The first-order valence-corrected chi connectivity index (χ1v) is 8.26. The predicted octanol–water partition coefficient (Wildman–Crippen LogP) is 3.69. The molecular formula is C16H25NS. The van der Waals surface area contributed by atoms with Crippen molar-refractivity contribution in [2.24, 2.45) is 5.92 Å². The van der Waals surface area contributed by atoms with Crippen molar-refractivity contribution in [1.29, 1.82) is 0 Å². The van der Waals surface area contributed by atoms with E-state index < -0.39 is 0 Å². The van der Waals surface area contributed by atoms with Gasteiger partial charge in [0.1, 0.15) is 0 Å². The van der Waals surface area contributed by atoms with Crippen molar-refractivity contribution in [2.45, 2.75) is 39.2 Å². The van der Waals surface area contributed by atoms with E-state index >= 15 is 0 Å². The monoisotopic (exact) mass is 263 g/mol. The molecule has 2 unspecified atom stereocenters. The van der Waals surface area contributed by atoms with Crippen molar-refractivity contribution in [3.63, 3.8) is 0 Å². The summed E-state index contributed by atoms with van der Waals surface area (Å²) in [6.07, 6.45) is 1.23. The number of nitrogens with one attached hydrogen (secondary N) is 1. The van der Waals surface area contributed by atoms with Gasteiger partial charge in [0.15, 0.2) is 0 Å². The molecule has 1 aliphatic rings. The minimum atomic E-state index is 0.635. The molecule has 1 fully saturated rings.